The molecule has 3 aromatic rings. The van der Waals surface area contributed by atoms with Crippen molar-refractivity contribution in [3.8, 4) is 0 Å². The highest BCUT2D eigenvalue weighted by atomic mass is 35.5. The number of hydrogen-bond donors (Lipinski definition) is 1. The zero-order valence-electron chi connectivity index (χ0n) is 12.5. The molecule has 0 saturated heterocycles. The first-order chi connectivity index (χ1) is 11.2. The number of carbonyl (C=O) groups excluding carboxylic acids is 1. The van der Waals surface area contributed by atoms with Gasteiger partial charge in [-0.05, 0) is 36.1 Å². The van der Waals surface area contributed by atoms with Gasteiger partial charge in [-0.2, -0.15) is 0 Å². The van der Waals surface area contributed by atoms with E-state index in [-0.39, 0.29) is 17.7 Å². The average molecular weight is 326 g/mol. The molecular weight excluding hydrogens is 310 g/mol. The zero-order valence-corrected chi connectivity index (χ0v) is 13.2. The van der Waals surface area contributed by atoms with Crippen molar-refractivity contribution in [1.82, 2.24) is 5.32 Å². The van der Waals surface area contributed by atoms with Gasteiger partial charge in [0, 0.05) is 16.3 Å². The topological polar surface area (TPSA) is 42.2 Å². The van der Waals surface area contributed by atoms with Crippen LogP contribution in [-0.2, 0) is 11.3 Å². The Bertz CT molecular complexity index is 837. The maximum Gasteiger partial charge on any atom is 0.224 e. The number of halogens is 1. The lowest BCUT2D eigenvalue weighted by molar-refractivity contribution is -0.122. The van der Waals surface area contributed by atoms with Crippen molar-refractivity contribution in [3.05, 3.63) is 70.9 Å². The number of hydrogen-bond acceptors (Lipinski definition) is 2. The normalized spacial score (nSPS) is 19.7. The standard InChI is InChI=1S/C19H16ClNO2/c20-17-7-3-2-6-14(17)15-10-16(15)19(22)21-11-13-9-12-5-1-4-8-18(12)23-13/h1-9,15-16H,10-11H2,(H,21,22). The number of nitrogens with one attached hydrogen (secondary N) is 1. The molecule has 0 radical (unpaired) electrons. The van der Waals surface area contributed by atoms with Gasteiger partial charge in [-0.15, -0.1) is 0 Å². The second kappa shape index (κ2) is 5.74. The van der Waals surface area contributed by atoms with Crippen LogP contribution in [0.4, 0.5) is 0 Å². The van der Waals surface area contributed by atoms with Gasteiger partial charge in [0.2, 0.25) is 5.91 Å². The molecule has 1 N–H and O–H groups in total. The van der Waals surface area contributed by atoms with Crippen molar-refractivity contribution in [3.63, 3.8) is 0 Å². The van der Waals surface area contributed by atoms with E-state index in [1.54, 1.807) is 0 Å². The summed E-state index contributed by atoms with van der Waals surface area (Å²) in [5.74, 6) is 1.09. The lowest BCUT2D eigenvalue weighted by Crippen LogP contribution is -2.24. The van der Waals surface area contributed by atoms with Gasteiger partial charge in [-0.1, -0.05) is 48.0 Å². The molecule has 2 atom stereocenters. The molecule has 2 aromatic carbocycles. The molecule has 1 aliphatic carbocycles. The molecule has 1 heterocycles. The first-order valence-corrected chi connectivity index (χ1v) is 8.10. The van der Waals surface area contributed by atoms with E-state index in [1.165, 1.54) is 0 Å². The summed E-state index contributed by atoms with van der Waals surface area (Å²) in [5, 5.41) is 4.76. The Morgan fingerprint density at radius 1 is 1.17 bits per heavy atom. The number of para-hydroxylation sites is 1. The predicted octanol–water partition coefficient (Wildman–Crippen LogP) is 4.51. The van der Waals surface area contributed by atoms with Gasteiger partial charge < -0.3 is 9.73 Å². The van der Waals surface area contributed by atoms with Crippen LogP contribution in [0.15, 0.2) is 59.0 Å². The van der Waals surface area contributed by atoms with Gasteiger partial charge in [0.15, 0.2) is 0 Å². The van der Waals surface area contributed by atoms with Gasteiger partial charge in [-0.25, -0.2) is 0 Å². The second-order valence-electron chi connectivity index (χ2n) is 5.94. The van der Waals surface area contributed by atoms with Crippen molar-refractivity contribution in [2.24, 2.45) is 5.92 Å². The number of carbonyl (C=O) groups is 1. The third-order valence-electron chi connectivity index (χ3n) is 4.35. The van der Waals surface area contributed by atoms with Gasteiger partial charge >= 0.3 is 0 Å². The minimum absolute atomic E-state index is 0.0132. The molecule has 1 aromatic heterocycles. The van der Waals surface area contributed by atoms with Crippen LogP contribution in [-0.4, -0.2) is 5.91 Å². The quantitative estimate of drug-likeness (QED) is 0.767. The summed E-state index contributed by atoms with van der Waals surface area (Å²) in [6.07, 6.45) is 0.857. The van der Waals surface area contributed by atoms with Crippen molar-refractivity contribution < 1.29 is 9.21 Å². The molecule has 4 rings (SSSR count). The predicted molar refractivity (Wildman–Crippen MR) is 90.4 cm³/mol. The molecule has 1 saturated carbocycles. The van der Waals surface area contributed by atoms with E-state index in [4.69, 9.17) is 16.0 Å². The SMILES string of the molecule is O=C(NCc1cc2ccccc2o1)C1CC1c1ccccc1Cl. The molecule has 0 bridgehead atoms. The molecule has 1 amide bonds. The van der Waals surface area contributed by atoms with Crippen molar-refractivity contribution in [2.75, 3.05) is 0 Å². The van der Waals surface area contributed by atoms with Crippen molar-refractivity contribution >= 4 is 28.5 Å². The fourth-order valence-electron chi connectivity index (χ4n) is 3.03. The van der Waals surface area contributed by atoms with Crippen LogP contribution in [0, 0.1) is 5.92 Å². The molecule has 23 heavy (non-hydrogen) atoms. The number of amides is 1. The van der Waals surface area contributed by atoms with E-state index in [0.717, 1.165) is 33.7 Å². The summed E-state index contributed by atoms with van der Waals surface area (Å²) in [4.78, 5) is 12.3. The average Bonchev–Trinajstić information content (AvgIpc) is 3.24. The fourth-order valence-corrected chi connectivity index (χ4v) is 3.31. The summed E-state index contributed by atoms with van der Waals surface area (Å²) in [6, 6.07) is 17.5. The van der Waals surface area contributed by atoms with E-state index in [1.807, 2.05) is 54.6 Å². The molecule has 4 heteroatoms. The summed E-state index contributed by atoms with van der Waals surface area (Å²) in [5.41, 5.74) is 1.91. The van der Waals surface area contributed by atoms with E-state index in [9.17, 15) is 4.79 Å². The Labute approximate surface area is 139 Å². The molecule has 0 spiro atoms. The van der Waals surface area contributed by atoms with E-state index in [2.05, 4.69) is 5.32 Å². The highest BCUT2D eigenvalue weighted by Gasteiger charge is 2.44. The number of fused-ring (bicyclic) bond motifs is 1. The largest absolute Gasteiger partial charge is 0.459 e. The monoisotopic (exact) mass is 325 g/mol. The third-order valence-corrected chi connectivity index (χ3v) is 4.69. The molecule has 3 nitrogen and oxygen atoms in total. The van der Waals surface area contributed by atoms with Crippen LogP contribution in [0.5, 0.6) is 0 Å². The fraction of sp³-hybridized carbons (Fsp3) is 0.211. The van der Waals surface area contributed by atoms with Crippen LogP contribution >= 0.6 is 11.6 Å². The molecule has 1 aliphatic rings. The van der Waals surface area contributed by atoms with Gasteiger partial charge in [0.05, 0.1) is 6.54 Å². The lowest BCUT2D eigenvalue weighted by Gasteiger charge is -2.04. The summed E-state index contributed by atoms with van der Waals surface area (Å²) < 4.78 is 5.71. The molecular formula is C19H16ClNO2. The number of rotatable bonds is 4. The smallest absolute Gasteiger partial charge is 0.224 e. The van der Waals surface area contributed by atoms with Crippen LogP contribution < -0.4 is 5.32 Å². The van der Waals surface area contributed by atoms with Gasteiger partial charge in [0.1, 0.15) is 11.3 Å². The van der Waals surface area contributed by atoms with Gasteiger partial charge in [0.25, 0.3) is 0 Å². The summed E-state index contributed by atoms with van der Waals surface area (Å²) in [7, 11) is 0. The minimum Gasteiger partial charge on any atom is -0.459 e. The van der Waals surface area contributed by atoms with E-state index < -0.39 is 0 Å². The van der Waals surface area contributed by atoms with Crippen molar-refractivity contribution in [2.45, 2.75) is 18.9 Å². The second-order valence-corrected chi connectivity index (χ2v) is 6.35. The van der Waals surface area contributed by atoms with Crippen LogP contribution in [0.3, 0.4) is 0 Å². The Morgan fingerprint density at radius 3 is 2.78 bits per heavy atom. The lowest BCUT2D eigenvalue weighted by atomic mass is 10.1. The molecule has 116 valence electrons. The highest BCUT2D eigenvalue weighted by molar-refractivity contribution is 6.31. The molecule has 2 unspecified atom stereocenters. The molecule has 0 aliphatic heterocycles. The van der Waals surface area contributed by atoms with Crippen LogP contribution in [0.2, 0.25) is 5.02 Å². The minimum atomic E-state index is 0.0132. The van der Waals surface area contributed by atoms with E-state index in [0.29, 0.717) is 6.54 Å². The Morgan fingerprint density at radius 2 is 1.96 bits per heavy atom. The molecule has 1 fully saturated rings. The summed E-state index contributed by atoms with van der Waals surface area (Å²) in [6.45, 7) is 0.416. The Kier molecular flexibility index (Phi) is 3.58. The zero-order chi connectivity index (χ0) is 15.8. The van der Waals surface area contributed by atoms with Crippen LogP contribution in [0.1, 0.15) is 23.7 Å². The first kappa shape index (κ1) is 14.3. The van der Waals surface area contributed by atoms with Crippen molar-refractivity contribution in [1.29, 1.82) is 0 Å². The van der Waals surface area contributed by atoms with E-state index >= 15 is 0 Å². The number of furan rings is 1. The number of benzene rings is 2. The highest BCUT2D eigenvalue weighted by Crippen LogP contribution is 2.49. The summed E-state index contributed by atoms with van der Waals surface area (Å²) >= 11 is 6.20. The first-order valence-electron chi connectivity index (χ1n) is 7.72. The Hall–Kier alpha value is -2.26. The van der Waals surface area contributed by atoms with Crippen LogP contribution in [0.25, 0.3) is 11.0 Å². The maximum atomic E-state index is 12.3. The third kappa shape index (κ3) is 2.84. The Balaban J connectivity index is 1.39. The van der Waals surface area contributed by atoms with Gasteiger partial charge in [-0.3, -0.25) is 4.79 Å². The maximum absolute atomic E-state index is 12.3.